The van der Waals surface area contributed by atoms with Crippen molar-refractivity contribution < 1.29 is 33.6 Å². The normalized spacial score (nSPS) is 16.5. The molecule has 8 heteroatoms. The summed E-state index contributed by atoms with van der Waals surface area (Å²) in [7, 11) is 4.57. The van der Waals surface area contributed by atoms with Gasteiger partial charge in [0.15, 0.2) is 11.5 Å². The van der Waals surface area contributed by atoms with Crippen molar-refractivity contribution in [2.75, 3.05) is 27.9 Å². The SMILES string of the molecule is CCOc1ccc(C2/C(=C(/O)c3ccc(OC)c(OC)c3)C(=O)C(=O)N2Cc2ccc(OC)cc2)cc1. The number of amides is 1. The average Bonchev–Trinajstić information content (AvgIpc) is 3.18. The molecule has 37 heavy (non-hydrogen) atoms. The number of benzene rings is 3. The van der Waals surface area contributed by atoms with Crippen LogP contribution in [0.3, 0.4) is 0 Å². The Hall–Kier alpha value is -4.46. The number of nitrogens with zero attached hydrogens (tertiary/aromatic N) is 1. The van der Waals surface area contributed by atoms with E-state index < -0.39 is 17.7 Å². The zero-order chi connectivity index (χ0) is 26.5. The lowest BCUT2D eigenvalue weighted by molar-refractivity contribution is -0.140. The summed E-state index contributed by atoms with van der Waals surface area (Å²) in [5.41, 5.74) is 1.80. The summed E-state index contributed by atoms with van der Waals surface area (Å²) in [6, 6.07) is 18.4. The largest absolute Gasteiger partial charge is 0.507 e. The topological polar surface area (TPSA) is 94.5 Å². The van der Waals surface area contributed by atoms with Crippen molar-refractivity contribution in [3.63, 3.8) is 0 Å². The first-order chi connectivity index (χ1) is 17.9. The maximum atomic E-state index is 13.3. The number of ketones is 1. The summed E-state index contributed by atoms with van der Waals surface area (Å²) in [5, 5.41) is 11.4. The van der Waals surface area contributed by atoms with Crippen LogP contribution >= 0.6 is 0 Å². The van der Waals surface area contributed by atoms with Crippen molar-refractivity contribution in [2.24, 2.45) is 0 Å². The molecule has 1 heterocycles. The van der Waals surface area contributed by atoms with Crippen molar-refractivity contribution in [3.05, 3.63) is 89.0 Å². The molecule has 0 bridgehead atoms. The number of carbonyl (C=O) groups excluding carboxylic acids is 2. The lowest BCUT2D eigenvalue weighted by atomic mass is 9.95. The second kappa shape index (κ2) is 11.1. The predicted molar refractivity (Wildman–Crippen MR) is 138 cm³/mol. The van der Waals surface area contributed by atoms with Crippen molar-refractivity contribution in [2.45, 2.75) is 19.5 Å². The van der Waals surface area contributed by atoms with Crippen LogP contribution in [0.1, 0.15) is 29.7 Å². The van der Waals surface area contributed by atoms with E-state index in [-0.39, 0.29) is 17.9 Å². The Kier molecular flexibility index (Phi) is 7.67. The number of ether oxygens (including phenoxy) is 4. The minimum Gasteiger partial charge on any atom is -0.507 e. The smallest absolute Gasteiger partial charge is 0.295 e. The van der Waals surface area contributed by atoms with Gasteiger partial charge in [-0.3, -0.25) is 9.59 Å². The highest BCUT2D eigenvalue weighted by atomic mass is 16.5. The van der Waals surface area contributed by atoms with Crippen LogP contribution in [0.4, 0.5) is 0 Å². The van der Waals surface area contributed by atoms with Crippen LogP contribution in [0.2, 0.25) is 0 Å². The Morgan fingerprint density at radius 2 is 1.49 bits per heavy atom. The number of rotatable bonds is 9. The van der Waals surface area contributed by atoms with Crippen molar-refractivity contribution >= 4 is 17.4 Å². The summed E-state index contributed by atoms with van der Waals surface area (Å²) in [4.78, 5) is 28.1. The molecule has 0 aromatic heterocycles. The van der Waals surface area contributed by atoms with Crippen LogP contribution < -0.4 is 18.9 Å². The molecule has 0 radical (unpaired) electrons. The van der Waals surface area contributed by atoms with Gasteiger partial charge in [-0.05, 0) is 60.5 Å². The van der Waals surface area contributed by atoms with Gasteiger partial charge in [-0.15, -0.1) is 0 Å². The Balaban J connectivity index is 1.83. The number of aliphatic hydroxyl groups excluding tert-OH is 1. The van der Waals surface area contributed by atoms with Gasteiger partial charge in [-0.2, -0.15) is 0 Å². The molecule has 1 aliphatic heterocycles. The van der Waals surface area contributed by atoms with Crippen LogP contribution in [0.25, 0.3) is 5.76 Å². The van der Waals surface area contributed by atoms with Gasteiger partial charge in [0.25, 0.3) is 11.7 Å². The van der Waals surface area contributed by atoms with Crippen LogP contribution in [-0.4, -0.2) is 49.6 Å². The molecule has 8 nitrogen and oxygen atoms in total. The third-order valence-electron chi connectivity index (χ3n) is 6.22. The molecule has 3 aromatic carbocycles. The minimum atomic E-state index is -0.814. The molecular weight excluding hydrogens is 474 g/mol. The molecular formula is C29H29NO7. The van der Waals surface area contributed by atoms with Gasteiger partial charge in [-0.25, -0.2) is 0 Å². The van der Waals surface area contributed by atoms with E-state index in [1.54, 1.807) is 61.7 Å². The molecule has 1 saturated heterocycles. The fourth-order valence-electron chi connectivity index (χ4n) is 4.37. The lowest BCUT2D eigenvalue weighted by Gasteiger charge is -2.25. The Morgan fingerprint density at radius 1 is 0.838 bits per heavy atom. The average molecular weight is 504 g/mol. The van der Waals surface area contributed by atoms with Gasteiger partial charge >= 0.3 is 0 Å². The van der Waals surface area contributed by atoms with E-state index in [2.05, 4.69) is 0 Å². The third-order valence-corrected chi connectivity index (χ3v) is 6.22. The molecule has 1 fully saturated rings. The molecule has 192 valence electrons. The third kappa shape index (κ3) is 5.09. The lowest BCUT2D eigenvalue weighted by Crippen LogP contribution is -2.29. The molecule has 1 unspecified atom stereocenters. The first-order valence-electron chi connectivity index (χ1n) is 11.8. The Bertz CT molecular complexity index is 1310. The fourth-order valence-corrected chi connectivity index (χ4v) is 4.37. The van der Waals surface area contributed by atoms with E-state index in [9.17, 15) is 14.7 Å². The van der Waals surface area contributed by atoms with Crippen molar-refractivity contribution in [1.29, 1.82) is 0 Å². The number of hydrogen-bond donors (Lipinski definition) is 1. The standard InChI is InChI=1S/C29H29NO7/c1-5-37-22-13-8-19(9-14-22)26-25(27(31)20-10-15-23(35-3)24(16-20)36-4)28(32)29(33)30(26)17-18-6-11-21(34-2)12-7-18/h6-16,26,31H,5,17H2,1-4H3/b27-25-. The van der Waals surface area contributed by atoms with E-state index in [1.165, 1.54) is 19.1 Å². The first-order valence-corrected chi connectivity index (χ1v) is 11.8. The highest BCUT2D eigenvalue weighted by molar-refractivity contribution is 6.46. The van der Waals surface area contributed by atoms with Crippen LogP contribution in [0.15, 0.2) is 72.3 Å². The molecule has 1 aliphatic rings. The zero-order valence-corrected chi connectivity index (χ0v) is 21.2. The Labute approximate surface area is 215 Å². The zero-order valence-electron chi connectivity index (χ0n) is 21.2. The second-order valence-corrected chi connectivity index (χ2v) is 8.35. The highest BCUT2D eigenvalue weighted by Crippen LogP contribution is 2.41. The summed E-state index contributed by atoms with van der Waals surface area (Å²) < 4.78 is 21.4. The maximum Gasteiger partial charge on any atom is 0.295 e. The van der Waals surface area contributed by atoms with Gasteiger partial charge in [0.05, 0.1) is 39.6 Å². The molecule has 0 saturated carbocycles. The highest BCUT2D eigenvalue weighted by Gasteiger charge is 2.46. The van der Waals surface area contributed by atoms with Crippen LogP contribution in [-0.2, 0) is 16.1 Å². The number of methoxy groups -OCH3 is 3. The number of Topliss-reactive ketones (excluding diaryl/α,β-unsaturated/α-hetero) is 1. The second-order valence-electron chi connectivity index (χ2n) is 8.35. The van der Waals surface area contributed by atoms with E-state index in [0.29, 0.717) is 40.7 Å². The minimum absolute atomic E-state index is 0.00473. The number of aliphatic hydroxyl groups is 1. The quantitative estimate of drug-likeness (QED) is 0.256. The summed E-state index contributed by atoms with van der Waals surface area (Å²) in [6.07, 6.45) is 0. The van der Waals surface area contributed by atoms with Crippen LogP contribution in [0, 0.1) is 0 Å². The fraction of sp³-hybridized carbons (Fsp3) is 0.241. The van der Waals surface area contributed by atoms with Crippen molar-refractivity contribution in [3.8, 4) is 23.0 Å². The molecule has 0 spiro atoms. The van der Waals surface area contributed by atoms with Gasteiger partial charge in [-0.1, -0.05) is 24.3 Å². The number of carbonyl (C=O) groups is 2. The molecule has 1 atom stereocenters. The van der Waals surface area contributed by atoms with Gasteiger partial charge < -0.3 is 29.0 Å². The van der Waals surface area contributed by atoms with Gasteiger partial charge in [0.2, 0.25) is 0 Å². The van der Waals surface area contributed by atoms with E-state index >= 15 is 0 Å². The molecule has 0 aliphatic carbocycles. The first kappa shape index (κ1) is 25.6. The Morgan fingerprint density at radius 3 is 2.08 bits per heavy atom. The predicted octanol–water partition coefficient (Wildman–Crippen LogP) is 4.73. The number of likely N-dealkylation sites (tertiary alicyclic amines) is 1. The van der Waals surface area contributed by atoms with Crippen LogP contribution in [0.5, 0.6) is 23.0 Å². The summed E-state index contributed by atoms with van der Waals surface area (Å²) >= 11 is 0. The van der Waals surface area contributed by atoms with E-state index in [1.807, 2.05) is 19.1 Å². The summed E-state index contributed by atoms with van der Waals surface area (Å²) in [6.45, 7) is 2.56. The van der Waals surface area contributed by atoms with E-state index in [4.69, 9.17) is 18.9 Å². The molecule has 1 N–H and O–H groups in total. The van der Waals surface area contributed by atoms with E-state index in [0.717, 1.165) is 5.56 Å². The van der Waals surface area contributed by atoms with Gasteiger partial charge in [0, 0.05) is 12.1 Å². The number of hydrogen-bond acceptors (Lipinski definition) is 7. The summed E-state index contributed by atoms with van der Waals surface area (Å²) in [5.74, 6) is 0.450. The van der Waals surface area contributed by atoms with Crippen molar-refractivity contribution in [1.82, 2.24) is 4.90 Å². The molecule has 1 amide bonds. The maximum absolute atomic E-state index is 13.3. The molecule has 4 rings (SSSR count). The molecule has 3 aromatic rings. The monoisotopic (exact) mass is 503 g/mol. The van der Waals surface area contributed by atoms with Gasteiger partial charge in [0.1, 0.15) is 17.3 Å².